The van der Waals surface area contributed by atoms with Crippen LogP contribution in [-0.2, 0) is 0 Å². The molecule has 3 aromatic rings. The first-order valence-electron chi connectivity index (χ1n) is 12.2. The molecule has 2 fully saturated rings. The van der Waals surface area contributed by atoms with Crippen LogP contribution in [0.15, 0.2) is 66.9 Å². The van der Waals surface area contributed by atoms with Gasteiger partial charge in [0, 0.05) is 30.4 Å². The van der Waals surface area contributed by atoms with E-state index >= 15 is 0 Å². The third-order valence-electron chi connectivity index (χ3n) is 7.04. The molecule has 2 N–H and O–H groups in total. The summed E-state index contributed by atoms with van der Waals surface area (Å²) in [6, 6.07) is 21.8. The minimum absolute atomic E-state index is 0.393. The van der Waals surface area contributed by atoms with Crippen LogP contribution in [0.1, 0.15) is 43.2 Å². The lowest BCUT2D eigenvalue weighted by atomic mass is 9.80. The van der Waals surface area contributed by atoms with Crippen molar-refractivity contribution in [3.63, 3.8) is 0 Å². The van der Waals surface area contributed by atoms with Gasteiger partial charge in [0.15, 0.2) is 0 Å². The van der Waals surface area contributed by atoms with Crippen LogP contribution in [0, 0.1) is 17.2 Å². The maximum absolute atomic E-state index is 8.66. The van der Waals surface area contributed by atoms with Crippen molar-refractivity contribution in [2.75, 3.05) is 20.2 Å². The fourth-order valence-corrected chi connectivity index (χ4v) is 4.75. The number of rotatable bonds is 6. The first kappa shape index (κ1) is 24.9. The van der Waals surface area contributed by atoms with Gasteiger partial charge in [-0.15, -0.1) is 0 Å². The fraction of sp³-hybridized carbons (Fsp3) is 0.357. The van der Waals surface area contributed by atoms with E-state index in [9.17, 15) is 0 Å². The summed E-state index contributed by atoms with van der Waals surface area (Å²) in [5.74, 6) is 2.28. The largest absolute Gasteiger partial charge is 0.488 e. The van der Waals surface area contributed by atoms with Crippen molar-refractivity contribution in [3.8, 4) is 23.1 Å². The number of aromatic nitrogens is 1. The van der Waals surface area contributed by atoms with Crippen molar-refractivity contribution < 1.29 is 14.8 Å². The molecule has 0 amide bonds. The Morgan fingerprint density at radius 3 is 2.31 bits per heavy atom. The number of hydrogen-bond acceptors (Lipinski definition) is 6. The average molecular weight is 469 g/mol. The molecule has 1 aromatic heterocycles. The standard InChI is InChI=1S/C21H26N2O.C7H6BNO2/c1-15-4-3-11-23(15)14-19-12-20(19)17-7-5-16(6-8-17)18-9-10-21(24-2)22-13-18;9-5-6-1-3-7(4-2-6)8(10)11/h5-10,13,15,19-20H,3-4,11-12,14H2,1-2H3;1-4,10-11H/t15-,19-,20-;/m1./s1. The van der Waals surface area contributed by atoms with E-state index in [1.165, 1.54) is 67.7 Å². The molecule has 3 atom stereocenters. The van der Waals surface area contributed by atoms with Crippen LogP contribution in [0.5, 0.6) is 5.88 Å². The van der Waals surface area contributed by atoms with E-state index in [4.69, 9.17) is 20.0 Å². The lowest BCUT2D eigenvalue weighted by Crippen LogP contribution is -2.29. The number of benzene rings is 2. The lowest BCUT2D eigenvalue weighted by Gasteiger charge is -2.20. The molecular weight excluding hydrogens is 437 g/mol. The molecule has 7 heteroatoms. The smallest absolute Gasteiger partial charge is 0.481 e. The molecule has 1 aliphatic heterocycles. The first-order chi connectivity index (χ1) is 17.0. The summed E-state index contributed by atoms with van der Waals surface area (Å²) in [5.41, 5.74) is 4.76. The second-order valence-corrected chi connectivity index (χ2v) is 9.41. The van der Waals surface area contributed by atoms with Gasteiger partial charge >= 0.3 is 7.12 Å². The predicted molar refractivity (Wildman–Crippen MR) is 138 cm³/mol. The van der Waals surface area contributed by atoms with Gasteiger partial charge in [-0.1, -0.05) is 36.4 Å². The van der Waals surface area contributed by atoms with Gasteiger partial charge in [-0.25, -0.2) is 4.98 Å². The van der Waals surface area contributed by atoms with Crippen LogP contribution in [0.2, 0.25) is 0 Å². The van der Waals surface area contributed by atoms with Gasteiger partial charge < -0.3 is 19.7 Å². The molecule has 0 spiro atoms. The topological polar surface area (TPSA) is 89.6 Å². The third kappa shape index (κ3) is 6.49. The van der Waals surface area contributed by atoms with E-state index in [1.54, 1.807) is 7.11 Å². The second-order valence-electron chi connectivity index (χ2n) is 9.41. The minimum Gasteiger partial charge on any atom is -0.481 e. The molecule has 180 valence electrons. The summed E-state index contributed by atoms with van der Waals surface area (Å²) in [6.07, 6.45) is 5.99. The van der Waals surface area contributed by atoms with Gasteiger partial charge in [-0.3, -0.25) is 0 Å². The van der Waals surface area contributed by atoms with Crippen molar-refractivity contribution in [1.29, 1.82) is 5.26 Å². The third-order valence-corrected chi connectivity index (χ3v) is 7.04. The van der Waals surface area contributed by atoms with Gasteiger partial charge in [0.2, 0.25) is 5.88 Å². The van der Waals surface area contributed by atoms with E-state index in [2.05, 4.69) is 47.1 Å². The first-order valence-corrected chi connectivity index (χ1v) is 12.2. The Labute approximate surface area is 208 Å². The van der Waals surface area contributed by atoms with E-state index in [1.807, 2.05) is 18.3 Å². The normalized spacial score (nSPS) is 20.9. The van der Waals surface area contributed by atoms with Gasteiger partial charge in [-0.05, 0) is 79.4 Å². The van der Waals surface area contributed by atoms with Crippen molar-refractivity contribution in [2.24, 2.45) is 5.92 Å². The van der Waals surface area contributed by atoms with Crippen molar-refractivity contribution >= 4 is 12.6 Å². The zero-order valence-electron chi connectivity index (χ0n) is 20.3. The molecule has 2 aliphatic rings. The van der Waals surface area contributed by atoms with Crippen LogP contribution in [0.3, 0.4) is 0 Å². The number of nitriles is 1. The number of methoxy groups -OCH3 is 1. The molecule has 2 heterocycles. The maximum Gasteiger partial charge on any atom is 0.488 e. The van der Waals surface area contributed by atoms with Gasteiger partial charge in [0.05, 0.1) is 18.7 Å². The molecule has 0 radical (unpaired) electrons. The van der Waals surface area contributed by atoms with E-state index in [0.717, 1.165) is 23.4 Å². The van der Waals surface area contributed by atoms with Crippen LogP contribution in [0.25, 0.3) is 11.1 Å². The Hall–Kier alpha value is -3.18. The SMILES string of the molecule is COc1ccc(-c2ccc([C@H]3C[C@@H]3CN3CCC[C@H]3C)cc2)cn1.N#Cc1ccc(B(O)O)cc1. The fourth-order valence-electron chi connectivity index (χ4n) is 4.75. The summed E-state index contributed by atoms with van der Waals surface area (Å²) >= 11 is 0. The lowest BCUT2D eigenvalue weighted by molar-refractivity contribution is 0.256. The number of hydrogen-bond donors (Lipinski definition) is 2. The summed E-state index contributed by atoms with van der Waals surface area (Å²) in [5, 5.41) is 25.7. The highest BCUT2D eigenvalue weighted by Crippen LogP contribution is 2.48. The molecule has 5 rings (SSSR count). The Balaban J connectivity index is 0.000000221. The number of pyridine rings is 1. The Morgan fingerprint density at radius 2 is 1.77 bits per heavy atom. The van der Waals surface area contributed by atoms with Gasteiger partial charge in [-0.2, -0.15) is 5.26 Å². The van der Waals surface area contributed by atoms with Gasteiger partial charge in [0.25, 0.3) is 0 Å². The minimum atomic E-state index is -1.46. The molecule has 35 heavy (non-hydrogen) atoms. The monoisotopic (exact) mass is 469 g/mol. The predicted octanol–water partition coefficient (Wildman–Crippen LogP) is 3.58. The van der Waals surface area contributed by atoms with E-state index in [-0.39, 0.29) is 0 Å². The van der Waals surface area contributed by atoms with E-state index < -0.39 is 7.12 Å². The van der Waals surface area contributed by atoms with Crippen LogP contribution < -0.4 is 10.2 Å². The second kappa shape index (κ2) is 11.5. The Kier molecular flexibility index (Phi) is 8.19. The highest BCUT2D eigenvalue weighted by Gasteiger charge is 2.40. The average Bonchev–Trinajstić information content (AvgIpc) is 3.56. The molecule has 0 bridgehead atoms. The number of likely N-dealkylation sites (tertiary alicyclic amines) is 1. The summed E-state index contributed by atoms with van der Waals surface area (Å²) in [4.78, 5) is 6.97. The molecule has 1 saturated carbocycles. The molecule has 1 aliphatic carbocycles. The van der Waals surface area contributed by atoms with Crippen molar-refractivity contribution in [2.45, 2.75) is 38.1 Å². The number of ether oxygens (including phenoxy) is 1. The van der Waals surface area contributed by atoms with Crippen LogP contribution in [-0.4, -0.2) is 53.3 Å². The Bertz CT molecular complexity index is 1130. The van der Waals surface area contributed by atoms with E-state index in [0.29, 0.717) is 16.9 Å². The zero-order chi connectivity index (χ0) is 24.8. The summed E-state index contributed by atoms with van der Waals surface area (Å²) < 4.78 is 5.12. The summed E-state index contributed by atoms with van der Waals surface area (Å²) in [6.45, 7) is 4.96. The maximum atomic E-state index is 8.66. The molecule has 1 saturated heterocycles. The van der Waals surface area contributed by atoms with Crippen molar-refractivity contribution in [3.05, 3.63) is 78.0 Å². The zero-order valence-corrected chi connectivity index (χ0v) is 20.3. The highest BCUT2D eigenvalue weighted by atomic mass is 16.5. The van der Waals surface area contributed by atoms with Gasteiger partial charge in [0.1, 0.15) is 0 Å². The molecule has 0 unspecified atom stereocenters. The van der Waals surface area contributed by atoms with Crippen LogP contribution >= 0.6 is 0 Å². The molecular formula is C28H32BN3O3. The Morgan fingerprint density at radius 1 is 1.06 bits per heavy atom. The van der Waals surface area contributed by atoms with Crippen molar-refractivity contribution in [1.82, 2.24) is 9.88 Å². The van der Waals surface area contributed by atoms with Crippen LogP contribution in [0.4, 0.5) is 0 Å². The quantitative estimate of drug-likeness (QED) is 0.537. The molecule has 2 aromatic carbocycles. The summed E-state index contributed by atoms with van der Waals surface area (Å²) in [7, 11) is 0.189. The molecule has 6 nitrogen and oxygen atoms in total. The highest BCUT2D eigenvalue weighted by molar-refractivity contribution is 6.58. The number of nitrogens with zero attached hydrogens (tertiary/aromatic N) is 3.